The summed E-state index contributed by atoms with van der Waals surface area (Å²) in [6.45, 7) is 7.53. The molecule has 0 fully saturated rings. The molecule has 0 aliphatic carbocycles. The van der Waals surface area contributed by atoms with Crippen molar-refractivity contribution in [1.29, 1.82) is 0 Å². The Bertz CT molecular complexity index is 446. The predicted molar refractivity (Wildman–Crippen MR) is 73.3 cm³/mol. The first-order valence-electron chi connectivity index (χ1n) is 6.37. The predicted octanol–water partition coefficient (Wildman–Crippen LogP) is -0.188. The first-order chi connectivity index (χ1) is 8.72. The standard InChI is InChI=1S/C15H19N2O.Rb.W.Y/c1-12-5-6-13-7-10-17(9-4-3-8-16-2)15(18)14(13)11-12;;;/h5-6,9,11H,1,3-4,7-8,10H2,2H3;;;/q-3;+1;;. The van der Waals surface area contributed by atoms with Crippen molar-refractivity contribution >= 4 is 5.91 Å². The van der Waals surface area contributed by atoms with Crippen molar-refractivity contribution in [3.05, 3.63) is 53.7 Å². The Hall–Kier alpha value is 2.12. The molecule has 6 heteroatoms. The third-order valence-electron chi connectivity index (χ3n) is 3.22. The summed E-state index contributed by atoms with van der Waals surface area (Å²) in [5.41, 5.74) is 2.85. The number of carbonyl (C=O) groups excluding carboxylic acids is 1. The van der Waals surface area contributed by atoms with E-state index in [0.29, 0.717) is 0 Å². The second-order valence-electron chi connectivity index (χ2n) is 4.60. The third-order valence-corrected chi connectivity index (χ3v) is 3.22. The third kappa shape index (κ3) is 7.69. The molecule has 1 amide bonds. The van der Waals surface area contributed by atoms with Crippen molar-refractivity contribution in [3.8, 4) is 0 Å². The quantitative estimate of drug-likeness (QED) is 0.341. The van der Waals surface area contributed by atoms with E-state index in [1.807, 2.05) is 36.7 Å². The molecule has 2 rings (SSSR count). The number of hydrogen-bond acceptors (Lipinski definition) is 1. The van der Waals surface area contributed by atoms with Gasteiger partial charge in [-0.2, -0.15) is 44.6 Å². The molecule has 0 spiro atoms. The first-order valence-corrected chi connectivity index (χ1v) is 6.37. The molecule has 0 aromatic heterocycles. The van der Waals surface area contributed by atoms with Gasteiger partial charge in [0, 0.05) is 53.8 Å². The Morgan fingerprint density at radius 1 is 1.43 bits per heavy atom. The molecular weight excluding hydrogens is 582 g/mol. The molecule has 1 heterocycles. The number of carbonyl (C=O) groups is 1. The second-order valence-corrected chi connectivity index (χ2v) is 4.60. The van der Waals surface area contributed by atoms with Crippen LogP contribution in [0.25, 0.3) is 5.32 Å². The van der Waals surface area contributed by atoms with Crippen LogP contribution in [-0.4, -0.2) is 30.9 Å². The zero-order valence-electron chi connectivity index (χ0n) is 12.8. The number of rotatable bonds is 5. The fourth-order valence-corrected chi connectivity index (χ4v) is 2.21. The average Bonchev–Trinajstić information content (AvgIpc) is 2.38. The number of nitrogens with zero attached hydrogens (tertiary/aromatic N) is 2. The number of fused-ring (bicyclic) bond motifs is 1. The molecule has 1 aromatic rings. The van der Waals surface area contributed by atoms with Crippen LogP contribution in [0.15, 0.2) is 18.2 Å². The fourth-order valence-electron chi connectivity index (χ4n) is 2.21. The molecule has 1 aliphatic rings. The maximum Gasteiger partial charge on any atom is 1.00 e. The molecule has 3 nitrogen and oxygen atoms in total. The summed E-state index contributed by atoms with van der Waals surface area (Å²) in [5.74, 6) is 0.107. The van der Waals surface area contributed by atoms with Gasteiger partial charge in [-0.15, -0.1) is 6.07 Å². The molecule has 0 saturated carbocycles. The van der Waals surface area contributed by atoms with E-state index >= 15 is 0 Å². The smallest absolute Gasteiger partial charge is 0.665 e. The van der Waals surface area contributed by atoms with Gasteiger partial charge in [-0.3, -0.25) is 4.79 Å². The first kappa shape index (κ1) is 25.4. The van der Waals surface area contributed by atoms with E-state index in [2.05, 4.69) is 12.2 Å². The van der Waals surface area contributed by atoms with Crippen LogP contribution in [0.3, 0.4) is 0 Å². The van der Waals surface area contributed by atoms with Crippen LogP contribution in [0.2, 0.25) is 0 Å². The zero-order chi connectivity index (χ0) is 13.0. The molecule has 0 saturated heterocycles. The molecule has 1 aromatic carbocycles. The molecule has 0 atom stereocenters. The molecule has 107 valence electrons. The molecule has 0 unspecified atom stereocenters. The van der Waals surface area contributed by atoms with Crippen LogP contribution in [0.5, 0.6) is 0 Å². The van der Waals surface area contributed by atoms with E-state index in [1.54, 1.807) is 0 Å². The van der Waals surface area contributed by atoms with E-state index in [-0.39, 0.29) is 118 Å². The van der Waals surface area contributed by atoms with Crippen LogP contribution in [0, 0.1) is 13.5 Å². The van der Waals surface area contributed by atoms with Crippen LogP contribution in [0.4, 0.5) is 0 Å². The largest absolute Gasteiger partial charge is 1.00 e. The molecule has 0 bridgehead atoms. The van der Waals surface area contributed by atoms with E-state index in [1.165, 1.54) is 0 Å². The van der Waals surface area contributed by atoms with Crippen molar-refractivity contribution in [2.75, 3.05) is 20.1 Å². The molecule has 1 radical (unpaired) electrons. The van der Waals surface area contributed by atoms with Gasteiger partial charge in [0.05, 0.1) is 0 Å². The summed E-state index contributed by atoms with van der Waals surface area (Å²) in [4.78, 5) is 14.1. The normalized spacial score (nSPS) is 12.6. The number of amides is 1. The van der Waals surface area contributed by atoms with Crippen LogP contribution < -0.4 is 58.2 Å². The van der Waals surface area contributed by atoms with Gasteiger partial charge in [0.15, 0.2) is 0 Å². The molecule has 1 aliphatic heterocycles. The average molecular weight is 602 g/mol. The molecule has 21 heavy (non-hydrogen) atoms. The van der Waals surface area contributed by atoms with Crippen molar-refractivity contribution in [2.24, 2.45) is 0 Å². The Kier molecular flexibility index (Phi) is 16.2. The minimum Gasteiger partial charge on any atom is -0.665 e. The summed E-state index contributed by atoms with van der Waals surface area (Å²) >= 11 is 0. The van der Waals surface area contributed by atoms with E-state index < -0.39 is 0 Å². The maximum absolute atomic E-state index is 12.3. The minimum absolute atomic E-state index is 0. The van der Waals surface area contributed by atoms with Crippen molar-refractivity contribution < 1.29 is 117 Å². The topological polar surface area (TPSA) is 34.4 Å². The summed E-state index contributed by atoms with van der Waals surface area (Å²) in [5, 5.41) is 4.05. The summed E-state index contributed by atoms with van der Waals surface area (Å²) in [6.07, 6.45) is 2.83. The van der Waals surface area contributed by atoms with Gasteiger partial charge in [-0.05, 0) is 18.5 Å². The van der Waals surface area contributed by atoms with Crippen LogP contribution >= 0.6 is 0 Å². The summed E-state index contributed by atoms with van der Waals surface area (Å²) in [7, 11) is 1.82. The van der Waals surface area contributed by atoms with E-state index in [4.69, 9.17) is 0 Å². The Labute approximate surface area is 216 Å². The van der Waals surface area contributed by atoms with E-state index in [0.717, 1.165) is 49.0 Å². The molecule has 0 N–H and O–H groups in total. The van der Waals surface area contributed by atoms with Gasteiger partial charge in [-0.25, -0.2) is 6.54 Å². The SMILES string of the molecule is [CH2-]c1ccc2c(c1)C(=O)N([CH-]CCC[N-]C)CC2.[Rb+].[W].[Y]. The van der Waals surface area contributed by atoms with Crippen molar-refractivity contribution in [1.82, 2.24) is 4.90 Å². The monoisotopic (exact) mass is 601 g/mol. The van der Waals surface area contributed by atoms with Gasteiger partial charge in [-0.1, -0.05) is 12.0 Å². The van der Waals surface area contributed by atoms with Crippen LogP contribution in [0.1, 0.15) is 34.3 Å². The second kappa shape index (κ2) is 13.4. The number of benzene rings is 1. The maximum atomic E-state index is 12.3. The Balaban J connectivity index is 0. The zero-order valence-corrected chi connectivity index (χ0v) is 23.5. The van der Waals surface area contributed by atoms with Crippen molar-refractivity contribution in [2.45, 2.75) is 19.3 Å². The van der Waals surface area contributed by atoms with Gasteiger partial charge < -0.3 is 10.2 Å². The van der Waals surface area contributed by atoms with Gasteiger partial charge >= 0.3 is 58.2 Å². The van der Waals surface area contributed by atoms with Crippen LogP contribution in [-0.2, 0) is 60.2 Å². The van der Waals surface area contributed by atoms with E-state index in [9.17, 15) is 4.79 Å². The number of unbranched alkanes of at least 4 members (excludes halogenated alkanes) is 1. The Morgan fingerprint density at radius 3 is 2.81 bits per heavy atom. The fraction of sp³-hybridized carbons (Fsp3) is 0.400. The van der Waals surface area contributed by atoms with Gasteiger partial charge in [0.2, 0.25) is 5.91 Å². The number of hydrogen-bond donors (Lipinski definition) is 0. The minimum atomic E-state index is 0. The van der Waals surface area contributed by atoms with Gasteiger partial charge in [0.1, 0.15) is 0 Å². The van der Waals surface area contributed by atoms with Gasteiger partial charge in [0.25, 0.3) is 0 Å². The Morgan fingerprint density at radius 2 is 2.14 bits per heavy atom. The molecular formula is C15H19N2ORbWY-2. The summed E-state index contributed by atoms with van der Waals surface area (Å²) < 4.78 is 0. The van der Waals surface area contributed by atoms with Crippen molar-refractivity contribution in [3.63, 3.8) is 0 Å². The summed E-state index contributed by atoms with van der Waals surface area (Å²) in [6, 6.07) is 5.87.